The first kappa shape index (κ1) is 15.3. The Morgan fingerprint density at radius 2 is 1.75 bits per heavy atom. The van der Waals surface area contributed by atoms with E-state index in [1.807, 2.05) is 0 Å². The Kier molecular flexibility index (Phi) is 9.12. The van der Waals surface area contributed by atoms with E-state index in [2.05, 4.69) is 5.32 Å². The molecule has 6 nitrogen and oxygen atoms in total. The van der Waals surface area contributed by atoms with Gasteiger partial charge in [-0.05, 0) is 38.8 Å². The van der Waals surface area contributed by atoms with Crippen LogP contribution in [0.25, 0.3) is 0 Å². The van der Waals surface area contributed by atoms with Gasteiger partial charge >= 0.3 is 5.97 Å². The smallest absolute Gasteiger partial charge is 0.320 e. The van der Waals surface area contributed by atoms with E-state index in [0.717, 1.165) is 19.3 Å². The lowest BCUT2D eigenvalue weighted by atomic mass is 10.1. The van der Waals surface area contributed by atoms with Crippen LogP contribution >= 0.6 is 0 Å². The Morgan fingerprint density at radius 3 is 2.25 bits per heavy atom. The van der Waals surface area contributed by atoms with E-state index in [0.29, 0.717) is 25.9 Å². The van der Waals surface area contributed by atoms with E-state index in [1.54, 1.807) is 0 Å². The fourth-order valence-corrected chi connectivity index (χ4v) is 1.45. The van der Waals surface area contributed by atoms with Crippen LogP contribution in [0.2, 0.25) is 0 Å². The number of aliphatic carboxylic acids is 1. The van der Waals surface area contributed by atoms with Crippen LogP contribution in [0.1, 0.15) is 32.1 Å². The third kappa shape index (κ3) is 7.58. The average molecular weight is 232 g/mol. The van der Waals surface area contributed by atoms with Crippen LogP contribution < -0.4 is 22.5 Å². The molecule has 0 radical (unpaired) electrons. The summed E-state index contributed by atoms with van der Waals surface area (Å²) in [7, 11) is 0. The molecule has 0 amide bonds. The molecule has 6 heteroatoms. The van der Waals surface area contributed by atoms with Gasteiger partial charge in [-0.3, -0.25) is 10.1 Å². The van der Waals surface area contributed by atoms with Gasteiger partial charge in [0.25, 0.3) is 0 Å². The van der Waals surface area contributed by atoms with Crippen LogP contribution in [0.3, 0.4) is 0 Å². The van der Waals surface area contributed by atoms with E-state index in [4.69, 9.17) is 22.3 Å². The molecule has 0 rings (SSSR count). The number of carboxylic acids is 1. The molecular weight excluding hydrogens is 208 g/mol. The van der Waals surface area contributed by atoms with Gasteiger partial charge in [0.2, 0.25) is 0 Å². The molecule has 2 atom stereocenters. The molecule has 0 aliphatic rings. The van der Waals surface area contributed by atoms with E-state index in [-0.39, 0.29) is 6.17 Å². The van der Waals surface area contributed by atoms with Crippen LogP contribution in [0.15, 0.2) is 0 Å². The highest BCUT2D eigenvalue weighted by Gasteiger charge is 2.18. The summed E-state index contributed by atoms with van der Waals surface area (Å²) in [5.74, 6) is -0.861. The summed E-state index contributed by atoms with van der Waals surface area (Å²) in [4.78, 5) is 10.9. The van der Waals surface area contributed by atoms with Crippen LogP contribution in [-0.2, 0) is 4.79 Å². The van der Waals surface area contributed by atoms with Crippen LogP contribution in [-0.4, -0.2) is 36.4 Å². The monoisotopic (exact) mass is 232 g/mol. The number of unbranched alkanes of at least 4 members (excludes halogenated alkanes) is 1. The van der Waals surface area contributed by atoms with Gasteiger partial charge < -0.3 is 22.3 Å². The normalized spacial score (nSPS) is 14.7. The Hall–Kier alpha value is -0.690. The summed E-state index contributed by atoms with van der Waals surface area (Å²) in [6.07, 6.45) is 3.37. The minimum absolute atomic E-state index is 0.303. The van der Waals surface area contributed by atoms with E-state index >= 15 is 0 Å². The third-order valence-electron chi connectivity index (χ3n) is 2.38. The second-order valence-electron chi connectivity index (χ2n) is 3.88. The van der Waals surface area contributed by atoms with Crippen molar-refractivity contribution in [2.45, 2.75) is 44.3 Å². The predicted molar refractivity (Wildman–Crippen MR) is 63.7 cm³/mol. The minimum atomic E-state index is -0.861. The highest BCUT2D eigenvalue weighted by atomic mass is 16.4. The van der Waals surface area contributed by atoms with Crippen molar-refractivity contribution in [2.75, 3.05) is 13.1 Å². The lowest BCUT2D eigenvalue weighted by Gasteiger charge is -2.19. The molecule has 0 aromatic rings. The third-order valence-corrected chi connectivity index (χ3v) is 2.38. The van der Waals surface area contributed by atoms with Crippen LogP contribution in [0, 0.1) is 0 Å². The maximum absolute atomic E-state index is 10.9. The fraction of sp³-hybridized carbons (Fsp3) is 0.900. The average Bonchev–Trinajstić information content (AvgIpc) is 2.25. The minimum Gasteiger partial charge on any atom is -0.480 e. The molecule has 16 heavy (non-hydrogen) atoms. The van der Waals surface area contributed by atoms with Crippen molar-refractivity contribution in [2.24, 2.45) is 17.2 Å². The highest BCUT2D eigenvalue weighted by molar-refractivity contribution is 5.73. The lowest BCUT2D eigenvalue weighted by Crippen LogP contribution is -2.48. The van der Waals surface area contributed by atoms with Gasteiger partial charge in [0.05, 0.1) is 6.17 Å². The van der Waals surface area contributed by atoms with Crippen molar-refractivity contribution < 1.29 is 9.90 Å². The Morgan fingerprint density at radius 1 is 1.12 bits per heavy atom. The number of rotatable bonds is 10. The summed E-state index contributed by atoms with van der Waals surface area (Å²) in [5, 5.41) is 11.9. The highest BCUT2D eigenvalue weighted by Crippen LogP contribution is 2.02. The summed E-state index contributed by atoms with van der Waals surface area (Å²) < 4.78 is 0. The van der Waals surface area contributed by atoms with Gasteiger partial charge in [-0.1, -0.05) is 6.42 Å². The molecule has 0 bridgehead atoms. The molecule has 0 heterocycles. The molecular formula is C10H24N4O2. The molecule has 96 valence electrons. The van der Waals surface area contributed by atoms with Gasteiger partial charge in [0.1, 0.15) is 6.04 Å². The molecule has 0 fully saturated rings. The maximum atomic E-state index is 10.9. The van der Waals surface area contributed by atoms with Crippen molar-refractivity contribution in [1.82, 2.24) is 5.32 Å². The van der Waals surface area contributed by atoms with Crippen molar-refractivity contribution in [3.05, 3.63) is 0 Å². The maximum Gasteiger partial charge on any atom is 0.320 e. The lowest BCUT2D eigenvalue weighted by molar-refractivity contribution is -0.140. The molecule has 8 N–H and O–H groups in total. The summed E-state index contributed by atoms with van der Waals surface area (Å²) in [5.41, 5.74) is 16.5. The van der Waals surface area contributed by atoms with Gasteiger partial charge in [-0.25, -0.2) is 0 Å². The number of nitrogens with two attached hydrogens (primary N) is 3. The number of carboxylic acid groups (broad SMARTS) is 1. The van der Waals surface area contributed by atoms with Crippen LogP contribution in [0.4, 0.5) is 0 Å². The fourth-order valence-electron chi connectivity index (χ4n) is 1.45. The standard InChI is InChI=1S/C10H24N4O2/c11-6-2-1-4-8(10(15)16)14-9(13)5-3-7-12/h8-9,14H,1-7,11-13H2,(H,15,16)/t8-,9?/m1/s1. The first-order valence-electron chi connectivity index (χ1n) is 5.76. The molecule has 0 aliphatic heterocycles. The molecule has 0 aromatic heterocycles. The van der Waals surface area contributed by atoms with Crippen molar-refractivity contribution in [3.8, 4) is 0 Å². The Bertz CT molecular complexity index is 190. The zero-order valence-electron chi connectivity index (χ0n) is 9.69. The second kappa shape index (κ2) is 9.53. The first-order valence-corrected chi connectivity index (χ1v) is 5.76. The molecule has 0 saturated heterocycles. The molecule has 0 aromatic carbocycles. The summed E-state index contributed by atoms with van der Waals surface area (Å²) in [6, 6.07) is -0.584. The van der Waals surface area contributed by atoms with Crippen molar-refractivity contribution in [3.63, 3.8) is 0 Å². The van der Waals surface area contributed by atoms with Gasteiger partial charge in [0.15, 0.2) is 0 Å². The van der Waals surface area contributed by atoms with Gasteiger partial charge in [0, 0.05) is 0 Å². The first-order chi connectivity index (χ1) is 7.61. The second-order valence-corrected chi connectivity index (χ2v) is 3.88. The van der Waals surface area contributed by atoms with Crippen molar-refractivity contribution in [1.29, 1.82) is 0 Å². The quantitative estimate of drug-likeness (QED) is 0.247. The Balaban J connectivity index is 3.87. The van der Waals surface area contributed by atoms with Crippen molar-refractivity contribution >= 4 is 5.97 Å². The Labute approximate surface area is 96.5 Å². The number of nitrogens with one attached hydrogen (secondary N) is 1. The van der Waals surface area contributed by atoms with Gasteiger partial charge in [-0.15, -0.1) is 0 Å². The molecule has 0 spiro atoms. The largest absolute Gasteiger partial charge is 0.480 e. The summed E-state index contributed by atoms with van der Waals surface area (Å²) >= 11 is 0. The van der Waals surface area contributed by atoms with E-state index in [1.165, 1.54) is 0 Å². The zero-order chi connectivity index (χ0) is 12.4. The molecule has 0 saturated carbocycles. The zero-order valence-corrected chi connectivity index (χ0v) is 9.69. The number of carbonyl (C=O) groups is 1. The molecule has 0 aliphatic carbocycles. The SMILES string of the molecule is NCCCC[C@@H](NC(N)CCCN)C(=O)O. The summed E-state index contributed by atoms with van der Waals surface area (Å²) in [6.45, 7) is 1.16. The number of hydrogen-bond acceptors (Lipinski definition) is 5. The molecule has 1 unspecified atom stereocenters. The number of hydrogen-bond donors (Lipinski definition) is 5. The van der Waals surface area contributed by atoms with E-state index in [9.17, 15) is 4.79 Å². The topological polar surface area (TPSA) is 127 Å². The van der Waals surface area contributed by atoms with E-state index < -0.39 is 12.0 Å². The van der Waals surface area contributed by atoms with Crippen LogP contribution in [0.5, 0.6) is 0 Å². The van der Waals surface area contributed by atoms with Gasteiger partial charge in [-0.2, -0.15) is 0 Å². The predicted octanol–water partition coefficient (Wildman–Crippen LogP) is -0.818.